The van der Waals surface area contributed by atoms with Gasteiger partial charge in [-0.1, -0.05) is 36.4 Å². The zero-order valence-electron chi connectivity index (χ0n) is 13.8. The van der Waals surface area contributed by atoms with E-state index in [-0.39, 0.29) is 23.1 Å². The van der Waals surface area contributed by atoms with Crippen molar-refractivity contribution in [2.24, 2.45) is 0 Å². The summed E-state index contributed by atoms with van der Waals surface area (Å²) in [5, 5.41) is 3.54. The number of para-hydroxylation sites is 1. The normalized spacial score (nSPS) is 12.1. The predicted octanol–water partition coefficient (Wildman–Crippen LogP) is 3.20. The number of aromatic nitrogens is 1. The molecule has 1 heterocycles. The van der Waals surface area contributed by atoms with Gasteiger partial charge in [-0.2, -0.15) is 0 Å². The highest BCUT2D eigenvalue weighted by Crippen LogP contribution is 2.11. The maximum atomic E-state index is 12.4. The SMILES string of the molecule is Cc1ccccc1C[C@@H](C)NC(=O)c1cc(=O)c2ccccc2[nH]1. The zero-order chi connectivity index (χ0) is 17.1. The molecule has 2 aromatic carbocycles. The quantitative estimate of drug-likeness (QED) is 0.775. The summed E-state index contributed by atoms with van der Waals surface area (Å²) in [4.78, 5) is 27.6. The fourth-order valence-corrected chi connectivity index (χ4v) is 2.84. The summed E-state index contributed by atoms with van der Waals surface area (Å²) in [6.07, 6.45) is 0.746. The average molecular weight is 320 g/mol. The van der Waals surface area contributed by atoms with Crippen LogP contribution in [0, 0.1) is 6.92 Å². The second-order valence-electron chi connectivity index (χ2n) is 6.10. The van der Waals surface area contributed by atoms with Crippen LogP contribution in [0.2, 0.25) is 0 Å². The fraction of sp³-hybridized carbons (Fsp3) is 0.200. The molecule has 0 radical (unpaired) electrons. The van der Waals surface area contributed by atoms with Crippen LogP contribution in [0.4, 0.5) is 0 Å². The van der Waals surface area contributed by atoms with Gasteiger partial charge in [-0.3, -0.25) is 9.59 Å². The molecule has 1 atom stereocenters. The Kier molecular flexibility index (Phi) is 4.47. The number of aromatic amines is 1. The third-order valence-corrected chi connectivity index (χ3v) is 4.15. The van der Waals surface area contributed by atoms with Crippen LogP contribution in [-0.2, 0) is 6.42 Å². The van der Waals surface area contributed by atoms with Crippen molar-refractivity contribution in [2.75, 3.05) is 0 Å². The maximum absolute atomic E-state index is 12.4. The fourth-order valence-electron chi connectivity index (χ4n) is 2.84. The maximum Gasteiger partial charge on any atom is 0.268 e. The van der Waals surface area contributed by atoms with Gasteiger partial charge in [0.15, 0.2) is 5.43 Å². The summed E-state index contributed by atoms with van der Waals surface area (Å²) in [6.45, 7) is 4.02. The van der Waals surface area contributed by atoms with Crippen LogP contribution in [0.5, 0.6) is 0 Å². The molecule has 3 rings (SSSR count). The average Bonchev–Trinajstić information content (AvgIpc) is 2.57. The minimum Gasteiger partial charge on any atom is -0.350 e. The predicted molar refractivity (Wildman–Crippen MR) is 96.4 cm³/mol. The number of pyridine rings is 1. The molecule has 122 valence electrons. The Bertz CT molecular complexity index is 944. The van der Waals surface area contributed by atoms with E-state index in [4.69, 9.17) is 0 Å². The number of H-pyrrole nitrogens is 1. The molecule has 3 aromatic rings. The number of fused-ring (bicyclic) bond motifs is 1. The minimum absolute atomic E-state index is 0.0337. The number of amides is 1. The lowest BCUT2D eigenvalue weighted by Gasteiger charge is -2.15. The number of nitrogens with one attached hydrogen (secondary N) is 2. The zero-order valence-corrected chi connectivity index (χ0v) is 13.8. The van der Waals surface area contributed by atoms with Crippen molar-refractivity contribution < 1.29 is 4.79 Å². The molecule has 4 nitrogen and oxygen atoms in total. The smallest absolute Gasteiger partial charge is 0.268 e. The standard InChI is InChI=1S/C20H20N2O2/c1-13-7-3-4-8-15(13)11-14(2)21-20(24)18-12-19(23)16-9-5-6-10-17(16)22-18/h3-10,12,14H,11H2,1-2H3,(H,21,24)(H,22,23)/t14-/m1/s1. The first-order valence-corrected chi connectivity index (χ1v) is 8.02. The third-order valence-electron chi connectivity index (χ3n) is 4.15. The van der Waals surface area contributed by atoms with Gasteiger partial charge in [-0.15, -0.1) is 0 Å². The van der Waals surface area contributed by atoms with Crippen molar-refractivity contribution in [3.63, 3.8) is 0 Å². The summed E-state index contributed by atoms with van der Waals surface area (Å²) in [7, 11) is 0. The largest absolute Gasteiger partial charge is 0.350 e. The molecule has 0 saturated heterocycles. The molecule has 0 aliphatic heterocycles. The van der Waals surface area contributed by atoms with E-state index in [0.717, 1.165) is 6.42 Å². The van der Waals surface area contributed by atoms with Crippen molar-refractivity contribution in [2.45, 2.75) is 26.3 Å². The number of aryl methyl sites for hydroxylation is 1. The first-order valence-electron chi connectivity index (χ1n) is 8.02. The van der Waals surface area contributed by atoms with Crippen LogP contribution in [0.1, 0.15) is 28.5 Å². The number of carbonyl (C=O) groups excluding carboxylic acids is 1. The lowest BCUT2D eigenvalue weighted by atomic mass is 10.0. The molecule has 0 aliphatic rings. The first-order chi connectivity index (χ1) is 11.5. The van der Waals surface area contributed by atoms with Gasteiger partial charge in [0, 0.05) is 23.0 Å². The Morgan fingerprint density at radius 1 is 1.12 bits per heavy atom. The molecule has 1 aromatic heterocycles. The first kappa shape index (κ1) is 16.0. The Morgan fingerprint density at radius 3 is 2.62 bits per heavy atom. The van der Waals surface area contributed by atoms with Crippen molar-refractivity contribution in [1.29, 1.82) is 0 Å². The Balaban J connectivity index is 1.77. The van der Waals surface area contributed by atoms with Crippen LogP contribution in [0.3, 0.4) is 0 Å². The second-order valence-corrected chi connectivity index (χ2v) is 6.10. The van der Waals surface area contributed by atoms with E-state index in [1.165, 1.54) is 17.2 Å². The van der Waals surface area contributed by atoms with Crippen molar-refractivity contribution in [3.8, 4) is 0 Å². The second kappa shape index (κ2) is 6.71. The molecule has 4 heteroatoms. The molecule has 0 aliphatic carbocycles. The molecule has 0 saturated carbocycles. The highest BCUT2D eigenvalue weighted by molar-refractivity contribution is 5.94. The van der Waals surface area contributed by atoms with Crippen LogP contribution >= 0.6 is 0 Å². The van der Waals surface area contributed by atoms with Gasteiger partial charge in [0.05, 0.1) is 0 Å². The van der Waals surface area contributed by atoms with Crippen LogP contribution in [0.15, 0.2) is 59.4 Å². The summed E-state index contributed by atoms with van der Waals surface area (Å²) in [5.74, 6) is -0.265. The monoisotopic (exact) mass is 320 g/mol. The van der Waals surface area contributed by atoms with Gasteiger partial charge in [0.2, 0.25) is 0 Å². The highest BCUT2D eigenvalue weighted by Gasteiger charge is 2.13. The molecule has 24 heavy (non-hydrogen) atoms. The van der Waals surface area contributed by atoms with Crippen molar-refractivity contribution in [3.05, 3.63) is 81.6 Å². The van der Waals surface area contributed by atoms with E-state index in [1.54, 1.807) is 12.1 Å². The summed E-state index contributed by atoms with van der Waals surface area (Å²) in [6, 6.07) is 16.6. The number of carbonyl (C=O) groups is 1. The summed E-state index contributed by atoms with van der Waals surface area (Å²) < 4.78 is 0. The number of hydrogen-bond donors (Lipinski definition) is 2. The van der Waals surface area contributed by atoms with Gasteiger partial charge in [-0.25, -0.2) is 0 Å². The molecule has 0 spiro atoms. The van der Waals surface area contributed by atoms with Crippen LogP contribution in [-0.4, -0.2) is 16.9 Å². The van der Waals surface area contributed by atoms with Crippen LogP contribution in [0.25, 0.3) is 10.9 Å². The molecular formula is C20H20N2O2. The molecule has 1 amide bonds. The highest BCUT2D eigenvalue weighted by atomic mass is 16.2. The van der Waals surface area contributed by atoms with E-state index in [1.807, 2.05) is 31.2 Å². The van der Waals surface area contributed by atoms with E-state index in [9.17, 15) is 9.59 Å². The molecule has 2 N–H and O–H groups in total. The Morgan fingerprint density at radius 2 is 1.83 bits per heavy atom. The van der Waals surface area contributed by atoms with E-state index in [0.29, 0.717) is 10.9 Å². The van der Waals surface area contributed by atoms with Crippen LogP contribution < -0.4 is 10.7 Å². The number of hydrogen-bond acceptors (Lipinski definition) is 2. The molecule has 0 bridgehead atoms. The van der Waals surface area contributed by atoms with Crippen molar-refractivity contribution in [1.82, 2.24) is 10.3 Å². The van der Waals surface area contributed by atoms with Gasteiger partial charge in [0.1, 0.15) is 5.69 Å². The van der Waals surface area contributed by atoms with Gasteiger partial charge >= 0.3 is 0 Å². The lowest BCUT2D eigenvalue weighted by Crippen LogP contribution is -2.35. The van der Waals surface area contributed by atoms with E-state index < -0.39 is 0 Å². The minimum atomic E-state index is -0.265. The number of benzene rings is 2. The van der Waals surface area contributed by atoms with Gasteiger partial charge in [-0.05, 0) is 43.5 Å². The van der Waals surface area contributed by atoms with Gasteiger partial charge in [0.25, 0.3) is 5.91 Å². The third kappa shape index (κ3) is 3.38. The molecular weight excluding hydrogens is 300 g/mol. The molecule has 0 fully saturated rings. The number of rotatable bonds is 4. The van der Waals surface area contributed by atoms with E-state index in [2.05, 4.69) is 29.4 Å². The van der Waals surface area contributed by atoms with E-state index >= 15 is 0 Å². The van der Waals surface area contributed by atoms with Crippen molar-refractivity contribution >= 4 is 16.8 Å². The lowest BCUT2D eigenvalue weighted by molar-refractivity contribution is 0.0935. The molecule has 0 unspecified atom stereocenters. The summed E-state index contributed by atoms with van der Waals surface area (Å²) >= 11 is 0. The Labute approximate surface area is 140 Å². The summed E-state index contributed by atoms with van der Waals surface area (Å²) in [5.41, 5.74) is 3.22. The topological polar surface area (TPSA) is 62.0 Å². The van der Waals surface area contributed by atoms with Gasteiger partial charge < -0.3 is 10.3 Å². The Hall–Kier alpha value is -2.88.